The summed E-state index contributed by atoms with van der Waals surface area (Å²) in [5, 5.41) is 9.45. The van der Waals surface area contributed by atoms with Crippen LogP contribution >= 0.6 is 0 Å². The molecule has 1 aromatic carbocycles. The number of benzene rings is 1. The van der Waals surface area contributed by atoms with Gasteiger partial charge in [-0.3, -0.25) is 20.4 Å². The lowest BCUT2D eigenvalue weighted by molar-refractivity contribution is -0.117. The van der Waals surface area contributed by atoms with Gasteiger partial charge in [-0.15, -0.1) is 0 Å². The number of carbonyl (C=O) groups is 2. The Hall–Kier alpha value is -3.57. The number of aromatic nitrogens is 1. The molecule has 0 saturated heterocycles. The molecular formula is C23H28N4O4. The van der Waals surface area contributed by atoms with Crippen molar-refractivity contribution in [3.63, 3.8) is 0 Å². The molecule has 0 aliphatic rings. The zero-order valence-corrected chi connectivity index (χ0v) is 18.5. The number of hydrazine groups is 1. The molecule has 1 aromatic heterocycles. The molecule has 0 bridgehead atoms. The van der Waals surface area contributed by atoms with Gasteiger partial charge in [0.15, 0.2) is 0 Å². The van der Waals surface area contributed by atoms with E-state index < -0.39 is 11.8 Å². The molecule has 2 N–H and O–H groups in total. The van der Waals surface area contributed by atoms with Gasteiger partial charge in [0, 0.05) is 24.1 Å². The quantitative estimate of drug-likeness (QED) is 0.385. The summed E-state index contributed by atoms with van der Waals surface area (Å²) in [6, 6.07) is 10.4. The monoisotopic (exact) mass is 424 g/mol. The maximum Gasteiger partial charge on any atom is 0.280 e. The van der Waals surface area contributed by atoms with E-state index in [1.807, 2.05) is 39.8 Å². The van der Waals surface area contributed by atoms with E-state index in [9.17, 15) is 14.9 Å². The number of amides is 2. The molecule has 0 aliphatic carbocycles. The highest BCUT2D eigenvalue weighted by atomic mass is 16.5. The smallest absolute Gasteiger partial charge is 0.280 e. The van der Waals surface area contributed by atoms with E-state index in [-0.39, 0.29) is 11.6 Å². The predicted octanol–water partition coefficient (Wildman–Crippen LogP) is 3.08. The SMILES string of the molecule is CCOc1ccc(C(=O)NNC(=O)/C(C#N)=C\c2cc(C)n(C(C)COC)c2C)cc1. The van der Waals surface area contributed by atoms with Crippen LogP contribution in [0.1, 0.15) is 47.2 Å². The van der Waals surface area contributed by atoms with Gasteiger partial charge in [0.1, 0.15) is 17.4 Å². The molecule has 0 saturated carbocycles. The number of nitrogens with one attached hydrogen (secondary N) is 2. The van der Waals surface area contributed by atoms with Gasteiger partial charge in [0.05, 0.1) is 19.3 Å². The Morgan fingerprint density at radius 2 is 1.90 bits per heavy atom. The summed E-state index contributed by atoms with van der Waals surface area (Å²) in [5.41, 5.74) is 7.51. The molecule has 1 atom stereocenters. The lowest BCUT2D eigenvalue weighted by Gasteiger charge is -2.17. The van der Waals surface area contributed by atoms with Gasteiger partial charge in [-0.2, -0.15) is 5.26 Å². The van der Waals surface area contributed by atoms with Crippen molar-refractivity contribution >= 4 is 17.9 Å². The van der Waals surface area contributed by atoms with Crippen molar-refractivity contribution in [2.24, 2.45) is 0 Å². The molecule has 2 aromatic rings. The van der Waals surface area contributed by atoms with Gasteiger partial charge in [0.2, 0.25) is 0 Å². The van der Waals surface area contributed by atoms with Gasteiger partial charge < -0.3 is 14.0 Å². The molecule has 2 amide bonds. The van der Waals surface area contributed by atoms with E-state index in [1.165, 1.54) is 6.08 Å². The Morgan fingerprint density at radius 1 is 1.23 bits per heavy atom. The van der Waals surface area contributed by atoms with Crippen LogP contribution in [0, 0.1) is 25.2 Å². The molecule has 0 spiro atoms. The molecule has 2 rings (SSSR count). The van der Waals surface area contributed by atoms with Crippen LogP contribution < -0.4 is 15.6 Å². The second-order valence-electron chi connectivity index (χ2n) is 7.04. The summed E-state index contributed by atoms with van der Waals surface area (Å²) in [4.78, 5) is 24.7. The molecule has 0 radical (unpaired) electrons. The van der Waals surface area contributed by atoms with Gasteiger partial charge >= 0.3 is 0 Å². The third-order valence-corrected chi connectivity index (χ3v) is 4.75. The number of hydrogen-bond acceptors (Lipinski definition) is 5. The molecular weight excluding hydrogens is 396 g/mol. The summed E-state index contributed by atoms with van der Waals surface area (Å²) in [6.07, 6.45) is 1.51. The van der Waals surface area contributed by atoms with Crippen LogP contribution in [-0.4, -0.2) is 36.7 Å². The Balaban J connectivity index is 2.10. The molecule has 164 valence electrons. The Bertz CT molecular complexity index is 1000. The number of hydrogen-bond donors (Lipinski definition) is 2. The zero-order chi connectivity index (χ0) is 23.0. The van der Waals surface area contributed by atoms with E-state index in [0.29, 0.717) is 24.5 Å². The lowest BCUT2D eigenvalue weighted by atomic mass is 10.1. The normalized spacial score (nSPS) is 12.1. The summed E-state index contributed by atoms with van der Waals surface area (Å²) in [5.74, 6) is -0.549. The summed E-state index contributed by atoms with van der Waals surface area (Å²) >= 11 is 0. The van der Waals surface area contributed by atoms with Crippen molar-refractivity contribution in [2.75, 3.05) is 20.3 Å². The minimum atomic E-state index is -0.698. The van der Waals surface area contributed by atoms with E-state index in [4.69, 9.17) is 9.47 Å². The number of ether oxygens (including phenoxy) is 2. The second kappa shape index (κ2) is 11.0. The van der Waals surface area contributed by atoms with Crippen molar-refractivity contribution in [1.82, 2.24) is 15.4 Å². The maximum absolute atomic E-state index is 12.4. The first-order valence-electron chi connectivity index (χ1n) is 9.95. The van der Waals surface area contributed by atoms with Gasteiger partial charge in [-0.1, -0.05) is 0 Å². The van der Waals surface area contributed by atoms with E-state index in [0.717, 1.165) is 17.0 Å². The number of methoxy groups -OCH3 is 1. The zero-order valence-electron chi connectivity index (χ0n) is 18.5. The van der Waals surface area contributed by atoms with Gasteiger partial charge in [-0.05, 0) is 69.7 Å². The topological polar surface area (TPSA) is 105 Å². The highest BCUT2D eigenvalue weighted by Crippen LogP contribution is 2.22. The summed E-state index contributed by atoms with van der Waals surface area (Å²) in [7, 11) is 1.64. The van der Waals surface area contributed by atoms with Crippen LogP contribution in [0.25, 0.3) is 6.08 Å². The summed E-state index contributed by atoms with van der Waals surface area (Å²) in [6.45, 7) is 8.85. The maximum atomic E-state index is 12.4. The lowest BCUT2D eigenvalue weighted by Crippen LogP contribution is -2.42. The third-order valence-electron chi connectivity index (χ3n) is 4.75. The van der Waals surface area contributed by atoms with E-state index in [1.54, 1.807) is 31.4 Å². The van der Waals surface area contributed by atoms with Crippen LogP contribution in [0.4, 0.5) is 0 Å². The number of nitrogens with zero attached hydrogens (tertiary/aromatic N) is 2. The van der Waals surface area contributed by atoms with Crippen LogP contribution in [0.5, 0.6) is 5.75 Å². The molecule has 1 unspecified atom stereocenters. The van der Waals surface area contributed by atoms with Crippen LogP contribution in [-0.2, 0) is 9.53 Å². The van der Waals surface area contributed by atoms with E-state index >= 15 is 0 Å². The Labute approximate surface area is 182 Å². The largest absolute Gasteiger partial charge is 0.494 e. The number of rotatable bonds is 8. The average Bonchev–Trinajstić information content (AvgIpc) is 3.03. The number of aryl methyl sites for hydroxylation is 1. The van der Waals surface area contributed by atoms with Crippen LogP contribution in [0.2, 0.25) is 0 Å². The van der Waals surface area contributed by atoms with E-state index in [2.05, 4.69) is 15.4 Å². The first kappa shape index (κ1) is 23.7. The fraction of sp³-hybridized carbons (Fsp3) is 0.348. The Morgan fingerprint density at radius 3 is 2.48 bits per heavy atom. The van der Waals surface area contributed by atoms with Crippen molar-refractivity contribution < 1.29 is 19.1 Å². The van der Waals surface area contributed by atoms with Gasteiger partial charge in [-0.25, -0.2) is 0 Å². The van der Waals surface area contributed by atoms with Crippen molar-refractivity contribution in [3.05, 3.63) is 58.4 Å². The minimum Gasteiger partial charge on any atom is -0.494 e. The molecule has 1 heterocycles. The average molecular weight is 425 g/mol. The second-order valence-corrected chi connectivity index (χ2v) is 7.04. The molecule has 8 heteroatoms. The third kappa shape index (κ3) is 5.96. The first-order chi connectivity index (χ1) is 14.8. The molecule has 0 fully saturated rings. The highest BCUT2D eigenvalue weighted by molar-refractivity contribution is 6.03. The summed E-state index contributed by atoms with van der Waals surface area (Å²) < 4.78 is 12.7. The number of nitriles is 1. The molecule has 8 nitrogen and oxygen atoms in total. The first-order valence-corrected chi connectivity index (χ1v) is 9.95. The highest BCUT2D eigenvalue weighted by Gasteiger charge is 2.16. The minimum absolute atomic E-state index is 0.111. The van der Waals surface area contributed by atoms with Crippen LogP contribution in [0.15, 0.2) is 35.9 Å². The fourth-order valence-electron chi connectivity index (χ4n) is 3.37. The van der Waals surface area contributed by atoms with Crippen molar-refractivity contribution in [2.45, 2.75) is 33.7 Å². The molecule has 31 heavy (non-hydrogen) atoms. The number of carbonyl (C=O) groups excluding carboxylic acids is 2. The molecule has 0 aliphatic heterocycles. The fourth-order valence-corrected chi connectivity index (χ4v) is 3.37. The predicted molar refractivity (Wildman–Crippen MR) is 117 cm³/mol. The Kier molecular flexibility index (Phi) is 8.41. The van der Waals surface area contributed by atoms with Crippen LogP contribution in [0.3, 0.4) is 0 Å². The van der Waals surface area contributed by atoms with Crippen molar-refractivity contribution in [1.29, 1.82) is 5.26 Å². The standard InChI is InChI=1S/C23H28N4O4/c1-6-31-21-9-7-18(8-10-21)22(28)25-26-23(29)20(13-24)12-19-11-15(2)27(17(19)4)16(3)14-30-5/h7-12,16H,6,14H2,1-5H3,(H,25,28)(H,26,29)/b20-12-. The van der Waals surface area contributed by atoms with Crippen molar-refractivity contribution in [3.8, 4) is 11.8 Å². The van der Waals surface area contributed by atoms with Gasteiger partial charge in [0.25, 0.3) is 11.8 Å².